The topological polar surface area (TPSA) is 9.23 Å². The Bertz CT molecular complexity index is 85.9. The Morgan fingerprint density at radius 1 is 1.00 bits per heavy atom. The second kappa shape index (κ2) is 9.27. The third kappa shape index (κ3) is 6.86. The molecule has 0 heterocycles. The van der Waals surface area contributed by atoms with Crippen LogP contribution in [0.3, 0.4) is 0 Å². The second-order valence-electron chi connectivity index (χ2n) is 3.50. The van der Waals surface area contributed by atoms with E-state index in [1.807, 2.05) is 0 Å². The molecule has 0 aliphatic carbocycles. The first kappa shape index (κ1) is 12.2. The van der Waals surface area contributed by atoms with Crippen molar-refractivity contribution < 1.29 is 4.43 Å². The van der Waals surface area contributed by atoms with Crippen molar-refractivity contribution in [1.82, 2.24) is 0 Å². The van der Waals surface area contributed by atoms with Gasteiger partial charge in [-0.2, -0.15) is 0 Å². The van der Waals surface area contributed by atoms with Crippen LogP contribution in [0.25, 0.3) is 0 Å². The van der Waals surface area contributed by atoms with E-state index in [2.05, 4.69) is 13.8 Å². The van der Waals surface area contributed by atoms with E-state index in [4.69, 9.17) is 4.43 Å². The Morgan fingerprint density at radius 3 is 2.08 bits per heavy atom. The predicted molar refractivity (Wildman–Crippen MR) is 58.5 cm³/mol. The highest BCUT2D eigenvalue weighted by atomic mass is 28.2. The van der Waals surface area contributed by atoms with Gasteiger partial charge in [0, 0.05) is 6.10 Å². The van der Waals surface area contributed by atoms with Gasteiger partial charge in [0.15, 0.2) is 0 Å². The lowest BCUT2D eigenvalue weighted by Gasteiger charge is -2.14. The molecule has 0 aromatic carbocycles. The highest BCUT2D eigenvalue weighted by Gasteiger charge is 2.04. The van der Waals surface area contributed by atoms with E-state index in [-0.39, 0.29) is 0 Å². The molecule has 0 amide bonds. The van der Waals surface area contributed by atoms with E-state index in [0.717, 1.165) is 10.5 Å². The molecule has 2 heteroatoms. The zero-order chi connectivity index (χ0) is 9.23. The summed E-state index contributed by atoms with van der Waals surface area (Å²) in [7, 11) is 0.907. The Kier molecular flexibility index (Phi) is 9.40. The maximum Gasteiger partial charge on any atom is 0.146 e. The van der Waals surface area contributed by atoms with Crippen LogP contribution in [0, 0.1) is 0 Å². The minimum Gasteiger partial charge on any atom is -0.425 e. The normalized spacial score (nSPS) is 13.5. The third-order valence-electron chi connectivity index (χ3n) is 2.34. The molecular weight excluding hydrogens is 164 g/mol. The van der Waals surface area contributed by atoms with Gasteiger partial charge in [0.05, 0.1) is 0 Å². The largest absolute Gasteiger partial charge is 0.425 e. The first-order chi connectivity index (χ1) is 5.85. The molecule has 0 saturated carbocycles. The fourth-order valence-corrected chi connectivity index (χ4v) is 1.91. The van der Waals surface area contributed by atoms with Crippen molar-refractivity contribution in [1.29, 1.82) is 0 Å². The van der Waals surface area contributed by atoms with Crippen molar-refractivity contribution in [2.75, 3.05) is 0 Å². The van der Waals surface area contributed by atoms with Gasteiger partial charge in [0.25, 0.3) is 0 Å². The van der Waals surface area contributed by atoms with E-state index in [1.165, 1.54) is 44.9 Å². The molecule has 0 aromatic heterocycles. The second-order valence-corrected chi connectivity index (χ2v) is 3.97. The molecule has 0 aromatic rings. The maximum atomic E-state index is 5.54. The van der Waals surface area contributed by atoms with Crippen LogP contribution in [0.2, 0.25) is 0 Å². The molecule has 0 aliphatic heterocycles. The lowest BCUT2D eigenvalue weighted by atomic mass is 10.1. The van der Waals surface area contributed by atoms with Gasteiger partial charge in [-0.3, -0.25) is 0 Å². The zero-order valence-electron chi connectivity index (χ0n) is 8.94. The summed E-state index contributed by atoms with van der Waals surface area (Å²) in [6, 6.07) is 0. The van der Waals surface area contributed by atoms with Crippen LogP contribution >= 0.6 is 0 Å². The van der Waals surface area contributed by atoms with E-state index in [9.17, 15) is 0 Å². The van der Waals surface area contributed by atoms with Gasteiger partial charge in [-0.15, -0.1) is 0 Å². The Balaban J connectivity index is 3.26. The molecule has 0 saturated heterocycles. The van der Waals surface area contributed by atoms with Gasteiger partial charge in [0.2, 0.25) is 0 Å². The summed E-state index contributed by atoms with van der Waals surface area (Å²) in [6.07, 6.45) is 9.83. The van der Waals surface area contributed by atoms with E-state index >= 15 is 0 Å². The van der Waals surface area contributed by atoms with Crippen molar-refractivity contribution in [3.05, 3.63) is 0 Å². The van der Waals surface area contributed by atoms with E-state index in [1.54, 1.807) is 0 Å². The van der Waals surface area contributed by atoms with Crippen LogP contribution < -0.4 is 0 Å². The van der Waals surface area contributed by atoms with Crippen molar-refractivity contribution in [2.45, 2.75) is 64.9 Å². The lowest BCUT2D eigenvalue weighted by molar-refractivity contribution is 0.190. The van der Waals surface area contributed by atoms with Crippen molar-refractivity contribution >= 4 is 10.5 Å². The highest BCUT2D eigenvalue weighted by Crippen LogP contribution is 2.11. The summed E-state index contributed by atoms with van der Waals surface area (Å²) < 4.78 is 5.54. The standard InChI is InChI=1S/C10H24OSi/c1-3-5-7-9-10(11-12)8-6-4-2/h10H,3-9H2,1-2,12H3. The van der Waals surface area contributed by atoms with Gasteiger partial charge >= 0.3 is 0 Å². The molecule has 0 radical (unpaired) electrons. The Hall–Kier alpha value is 0.177. The summed E-state index contributed by atoms with van der Waals surface area (Å²) in [5.74, 6) is 0. The summed E-state index contributed by atoms with van der Waals surface area (Å²) in [5, 5.41) is 0. The van der Waals surface area contributed by atoms with Crippen LogP contribution in [-0.4, -0.2) is 16.6 Å². The number of unbranched alkanes of at least 4 members (excludes halogenated alkanes) is 3. The Morgan fingerprint density at radius 2 is 1.58 bits per heavy atom. The SMILES string of the molecule is CCCCCC(CCCC)O[SiH3]. The van der Waals surface area contributed by atoms with Crippen molar-refractivity contribution in [2.24, 2.45) is 0 Å². The molecule has 1 unspecified atom stereocenters. The number of rotatable bonds is 8. The van der Waals surface area contributed by atoms with Gasteiger partial charge < -0.3 is 4.43 Å². The zero-order valence-corrected chi connectivity index (χ0v) is 10.9. The molecule has 0 aliphatic rings. The monoisotopic (exact) mass is 188 g/mol. The third-order valence-corrected chi connectivity index (χ3v) is 3.01. The van der Waals surface area contributed by atoms with Crippen LogP contribution in [0.15, 0.2) is 0 Å². The van der Waals surface area contributed by atoms with E-state index in [0.29, 0.717) is 6.10 Å². The average molecular weight is 188 g/mol. The molecule has 0 fully saturated rings. The van der Waals surface area contributed by atoms with Crippen molar-refractivity contribution in [3.8, 4) is 0 Å². The van der Waals surface area contributed by atoms with Crippen LogP contribution in [0.4, 0.5) is 0 Å². The molecule has 0 rings (SSSR count). The molecule has 0 spiro atoms. The number of hydrogen-bond donors (Lipinski definition) is 0. The van der Waals surface area contributed by atoms with Crippen LogP contribution in [-0.2, 0) is 4.43 Å². The fraction of sp³-hybridized carbons (Fsp3) is 1.00. The predicted octanol–water partition coefficient (Wildman–Crippen LogP) is 2.42. The van der Waals surface area contributed by atoms with Gasteiger partial charge in [-0.25, -0.2) is 0 Å². The van der Waals surface area contributed by atoms with Crippen molar-refractivity contribution in [3.63, 3.8) is 0 Å². The van der Waals surface area contributed by atoms with Crippen LogP contribution in [0.5, 0.6) is 0 Å². The lowest BCUT2D eigenvalue weighted by Crippen LogP contribution is -2.10. The molecule has 1 atom stereocenters. The molecule has 0 N–H and O–H groups in total. The molecule has 74 valence electrons. The first-order valence-corrected chi connectivity index (χ1v) is 6.19. The minimum atomic E-state index is 0.586. The maximum absolute atomic E-state index is 5.54. The summed E-state index contributed by atoms with van der Waals surface area (Å²) in [6.45, 7) is 4.50. The Labute approximate surface area is 80.4 Å². The average Bonchev–Trinajstić information content (AvgIpc) is 2.11. The highest BCUT2D eigenvalue weighted by molar-refractivity contribution is 5.98. The minimum absolute atomic E-state index is 0.586. The summed E-state index contributed by atoms with van der Waals surface area (Å²) >= 11 is 0. The molecular formula is C10H24OSi. The summed E-state index contributed by atoms with van der Waals surface area (Å²) in [4.78, 5) is 0. The smallest absolute Gasteiger partial charge is 0.146 e. The molecule has 12 heavy (non-hydrogen) atoms. The fourth-order valence-electron chi connectivity index (χ4n) is 1.43. The van der Waals surface area contributed by atoms with Gasteiger partial charge in [-0.1, -0.05) is 46.0 Å². The van der Waals surface area contributed by atoms with Gasteiger partial charge in [-0.05, 0) is 12.8 Å². The van der Waals surface area contributed by atoms with Gasteiger partial charge in [0.1, 0.15) is 10.5 Å². The first-order valence-electron chi connectivity index (χ1n) is 5.37. The van der Waals surface area contributed by atoms with E-state index < -0.39 is 0 Å². The molecule has 0 bridgehead atoms. The quantitative estimate of drug-likeness (QED) is 0.420. The number of hydrogen-bond acceptors (Lipinski definition) is 1. The van der Waals surface area contributed by atoms with Crippen LogP contribution in [0.1, 0.15) is 58.8 Å². The molecule has 1 nitrogen and oxygen atoms in total. The summed E-state index contributed by atoms with van der Waals surface area (Å²) in [5.41, 5.74) is 0.